The van der Waals surface area contributed by atoms with Crippen molar-refractivity contribution in [2.45, 2.75) is 71.3 Å². The highest BCUT2D eigenvalue weighted by Crippen LogP contribution is 2.38. The molecule has 0 aromatic rings. The summed E-state index contributed by atoms with van der Waals surface area (Å²) in [4.78, 5) is 12.7. The number of Topliss-reactive ketones (excluding diaryl/α,β-unsaturated/α-hetero) is 1. The molecule has 1 aliphatic rings. The monoisotopic (exact) mass is 326 g/mol. The fraction of sp³-hybridized carbons (Fsp3) is 0.842. The first-order chi connectivity index (χ1) is 10.2. The predicted molar refractivity (Wildman–Crippen MR) is 97.4 cm³/mol. The summed E-state index contributed by atoms with van der Waals surface area (Å²) in [7, 11) is 1.75. The van der Waals surface area contributed by atoms with Gasteiger partial charge in [0.05, 0.1) is 6.61 Å². The second-order valence-electron chi connectivity index (χ2n) is 7.82. The normalized spacial score (nSPS) is 24.0. The van der Waals surface area contributed by atoms with E-state index in [9.17, 15) is 4.79 Å². The molecule has 0 N–H and O–H groups in total. The third-order valence-corrected chi connectivity index (χ3v) is 6.27. The van der Waals surface area contributed by atoms with Gasteiger partial charge in [-0.1, -0.05) is 46.3 Å². The van der Waals surface area contributed by atoms with Crippen molar-refractivity contribution in [2.75, 3.05) is 13.7 Å². The molecule has 0 saturated heterocycles. The molecule has 128 valence electrons. The Bertz CT molecular complexity index is 398. The number of rotatable bonds is 8. The summed E-state index contributed by atoms with van der Waals surface area (Å²) in [5.74, 6) is 1.14. The van der Waals surface area contributed by atoms with E-state index in [4.69, 9.17) is 4.74 Å². The van der Waals surface area contributed by atoms with Gasteiger partial charge in [0.2, 0.25) is 0 Å². The molecule has 0 amide bonds. The first kappa shape index (κ1) is 19.8. The molecular formula is C19H34O2S. The van der Waals surface area contributed by atoms with Crippen LogP contribution in [-0.4, -0.2) is 30.0 Å². The first-order valence-electron chi connectivity index (χ1n) is 8.52. The van der Waals surface area contributed by atoms with E-state index in [1.54, 1.807) is 7.11 Å². The van der Waals surface area contributed by atoms with Crippen molar-refractivity contribution >= 4 is 17.5 Å². The lowest BCUT2D eigenvalue weighted by atomic mass is 9.73. The van der Waals surface area contributed by atoms with Gasteiger partial charge in [-0.05, 0) is 31.1 Å². The molecule has 0 radical (unpaired) electrons. The van der Waals surface area contributed by atoms with Crippen LogP contribution in [0.3, 0.4) is 0 Å². The van der Waals surface area contributed by atoms with Crippen LogP contribution in [-0.2, 0) is 9.53 Å². The number of carbonyl (C=O) groups excluding carboxylic acids is 1. The maximum absolute atomic E-state index is 12.7. The van der Waals surface area contributed by atoms with Crippen LogP contribution in [0.1, 0.15) is 60.8 Å². The molecular weight excluding hydrogens is 292 g/mol. The topological polar surface area (TPSA) is 26.3 Å². The van der Waals surface area contributed by atoms with Crippen LogP contribution in [0, 0.1) is 17.3 Å². The van der Waals surface area contributed by atoms with E-state index in [0.29, 0.717) is 28.6 Å². The Balaban J connectivity index is 2.57. The van der Waals surface area contributed by atoms with E-state index in [0.717, 1.165) is 19.4 Å². The molecule has 0 spiro atoms. The summed E-state index contributed by atoms with van der Waals surface area (Å²) >= 11 is 1.91. The SMILES string of the molecule is COCC(SC(C)CC(=O)C1CCC(C)(C)C=C1C)C(C)C. The van der Waals surface area contributed by atoms with Gasteiger partial charge < -0.3 is 4.74 Å². The molecule has 1 aliphatic carbocycles. The number of thioether (sulfide) groups is 1. The van der Waals surface area contributed by atoms with Crippen molar-refractivity contribution in [1.29, 1.82) is 0 Å². The van der Waals surface area contributed by atoms with Crippen LogP contribution >= 0.6 is 11.8 Å². The van der Waals surface area contributed by atoms with Gasteiger partial charge in [0.15, 0.2) is 0 Å². The van der Waals surface area contributed by atoms with Crippen molar-refractivity contribution in [2.24, 2.45) is 17.3 Å². The Labute approximate surface area is 141 Å². The Morgan fingerprint density at radius 3 is 2.55 bits per heavy atom. The van der Waals surface area contributed by atoms with Crippen LogP contribution in [0.5, 0.6) is 0 Å². The number of ketones is 1. The summed E-state index contributed by atoms with van der Waals surface area (Å²) in [5, 5.41) is 0.826. The lowest BCUT2D eigenvalue weighted by molar-refractivity contribution is -0.122. The maximum atomic E-state index is 12.7. The fourth-order valence-corrected chi connectivity index (χ4v) is 4.66. The minimum absolute atomic E-state index is 0.149. The molecule has 0 aromatic heterocycles. The lowest BCUT2D eigenvalue weighted by Gasteiger charge is -2.32. The smallest absolute Gasteiger partial charge is 0.141 e. The number of carbonyl (C=O) groups is 1. The zero-order valence-electron chi connectivity index (χ0n) is 15.4. The maximum Gasteiger partial charge on any atom is 0.141 e. The molecule has 3 heteroatoms. The Morgan fingerprint density at radius 1 is 1.41 bits per heavy atom. The zero-order chi connectivity index (χ0) is 16.9. The summed E-state index contributed by atoms with van der Waals surface area (Å²) in [6, 6.07) is 0. The van der Waals surface area contributed by atoms with Gasteiger partial charge in [0.25, 0.3) is 0 Å². The van der Waals surface area contributed by atoms with Gasteiger partial charge in [-0.15, -0.1) is 0 Å². The van der Waals surface area contributed by atoms with Crippen molar-refractivity contribution in [1.82, 2.24) is 0 Å². The predicted octanol–water partition coefficient (Wildman–Crippen LogP) is 5.12. The lowest BCUT2D eigenvalue weighted by Crippen LogP contribution is -2.27. The minimum Gasteiger partial charge on any atom is -0.384 e. The third-order valence-electron chi connectivity index (χ3n) is 4.60. The van der Waals surface area contributed by atoms with E-state index < -0.39 is 0 Å². The molecule has 0 aliphatic heterocycles. The van der Waals surface area contributed by atoms with Crippen molar-refractivity contribution in [3.63, 3.8) is 0 Å². The van der Waals surface area contributed by atoms with E-state index in [1.807, 2.05) is 11.8 Å². The van der Waals surface area contributed by atoms with Crippen LogP contribution in [0.2, 0.25) is 0 Å². The molecule has 0 fully saturated rings. The largest absolute Gasteiger partial charge is 0.384 e. The summed E-state index contributed by atoms with van der Waals surface area (Å²) in [5.41, 5.74) is 1.53. The summed E-state index contributed by atoms with van der Waals surface area (Å²) in [6.07, 6.45) is 5.10. The number of ether oxygens (including phenoxy) is 1. The van der Waals surface area contributed by atoms with Gasteiger partial charge in [-0.2, -0.15) is 11.8 Å². The Morgan fingerprint density at radius 2 is 2.05 bits per heavy atom. The van der Waals surface area contributed by atoms with E-state index in [-0.39, 0.29) is 11.3 Å². The molecule has 22 heavy (non-hydrogen) atoms. The van der Waals surface area contributed by atoms with Crippen LogP contribution in [0.4, 0.5) is 0 Å². The average Bonchev–Trinajstić information content (AvgIpc) is 2.36. The standard InChI is InChI=1S/C19H34O2S/c1-13(2)18(12-21-7)22-15(4)10-17(20)16-8-9-19(5,6)11-14(16)3/h11,13,15-16,18H,8-10,12H2,1-7H3. The highest BCUT2D eigenvalue weighted by Gasteiger charge is 2.30. The van der Waals surface area contributed by atoms with Crippen molar-refractivity contribution in [3.05, 3.63) is 11.6 Å². The summed E-state index contributed by atoms with van der Waals surface area (Å²) < 4.78 is 5.31. The van der Waals surface area contributed by atoms with Crippen LogP contribution in [0.15, 0.2) is 11.6 Å². The van der Waals surface area contributed by atoms with Crippen molar-refractivity contribution < 1.29 is 9.53 Å². The zero-order valence-corrected chi connectivity index (χ0v) is 16.3. The fourth-order valence-electron chi connectivity index (χ4n) is 3.27. The van der Waals surface area contributed by atoms with Crippen LogP contribution < -0.4 is 0 Å². The third kappa shape index (κ3) is 6.08. The molecule has 0 heterocycles. The van der Waals surface area contributed by atoms with Gasteiger partial charge in [-0.25, -0.2) is 0 Å². The van der Waals surface area contributed by atoms with Gasteiger partial charge in [0, 0.05) is 29.9 Å². The highest BCUT2D eigenvalue weighted by molar-refractivity contribution is 8.00. The number of methoxy groups -OCH3 is 1. The van der Waals surface area contributed by atoms with E-state index in [2.05, 4.69) is 47.6 Å². The van der Waals surface area contributed by atoms with E-state index >= 15 is 0 Å². The highest BCUT2D eigenvalue weighted by atomic mass is 32.2. The molecule has 3 atom stereocenters. The van der Waals surface area contributed by atoms with Gasteiger partial charge >= 0.3 is 0 Å². The molecule has 0 aromatic carbocycles. The molecule has 1 rings (SSSR count). The number of allylic oxidation sites excluding steroid dienone is 2. The Hall–Kier alpha value is -0.280. The molecule has 2 nitrogen and oxygen atoms in total. The second-order valence-corrected chi connectivity index (χ2v) is 9.51. The average molecular weight is 327 g/mol. The first-order valence-corrected chi connectivity index (χ1v) is 9.47. The van der Waals surface area contributed by atoms with Crippen LogP contribution in [0.25, 0.3) is 0 Å². The quantitative estimate of drug-likeness (QED) is 0.579. The molecule has 3 unspecified atom stereocenters. The Kier molecular flexibility index (Phi) is 7.67. The molecule has 0 bridgehead atoms. The van der Waals surface area contributed by atoms with Gasteiger partial charge in [0.1, 0.15) is 5.78 Å². The number of hydrogen-bond acceptors (Lipinski definition) is 3. The van der Waals surface area contributed by atoms with Gasteiger partial charge in [-0.3, -0.25) is 4.79 Å². The number of hydrogen-bond donors (Lipinski definition) is 0. The summed E-state index contributed by atoms with van der Waals surface area (Å²) in [6.45, 7) is 14.0. The second kappa shape index (κ2) is 8.54. The van der Waals surface area contributed by atoms with E-state index in [1.165, 1.54) is 5.57 Å². The molecule has 0 saturated carbocycles. The van der Waals surface area contributed by atoms with Crippen molar-refractivity contribution in [3.8, 4) is 0 Å². The minimum atomic E-state index is 0.149.